The summed E-state index contributed by atoms with van der Waals surface area (Å²) in [6, 6.07) is 14.1. The lowest BCUT2D eigenvalue weighted by Crippen LogP contribution is -2.12. The highest BCUT2D eigenvalue weighted by Gasteiger charge is 2.16. The maximum atomic E-state index is 12.4. The Hall–Kier alpha value is -1.89. The lowest BCUT2D eigenvalue weighted by molar-refractivity contribution is 0.601. The molecular weight excluding hydrogens is 364 g/mol. The second-order valence-electron chi connectivity index (χ2n) is 5.15. The number of thiazole rings is 1. The number of aryl methyl sites for hydroxylation is 1. The maximum Gasteiger partial charge on any atom is 0.263 e. The molecule has 3 aromatic rings. The molecule has 0 aliphatic heterocycles. The van der Waals surface area contributed by atoms with E-state index in [9.17, 15) is 8.42 Å². The largest absolute Gasteiger partial charge is 0.263 e. The molecule has 0 saturated carbocycles. The molecule has 1 N–H and O–H groups in total. The van der Waals surface area contributed by atoms with Gasteiger partial charge < -0.3 is 0 Å². The summed E-state index contributed by atoms with van der Waals surface area (Å²) in [4.78, 5) is 4.52. The van der Waals surface area contributed by atoms with Crippen molar-refractivity contribution in [1.29, 1.82) is 0 Å². The average molecular weight is 379 g/mol. The van der Waals surface area contributed by atoms with Gasteiger partial charge in [-0.3, -0.25) is 4.72 Å². The molecule has 0 aliphatic rings. The van der Waals surface area contributed by atoms with Crippen LogP contribution in [0.4, 0.5) is 5.13 Å². The van der Waals surface area contributed by atoms with Crippen LogP contribution in [-0.2, 0) is 16.4 Å². The van der Waals surface area contributed by atoms with Crippen LogP contribution in [0.5, 0.6) is 0 Å². The smallest absolute Gasteiger partial charge is 0.255 e. The number of sulfonamides is 1. The van der Waals surface area contributed by atoms with Crippen LogP contribution in [0.2, 0.25) is 5.02 Å². The molecule has 0 radical (unpaired) electrons. The number of aromatic nitrogens is 1. The van der Waals surface area contributed by atoms with Crippen molar-refractivity contribution in [3.05, 3.63) is 64.5 Å². The van der Waals surface area contributed by atoms with Gasteiger partial charge in [-0.05, 0) is 36.2 Å². The number of nitrogens with one attached hydrogen (secondary N) is 1. The van der Waals surface area contributed by atoms with Gasteiger partial charge in [0.25, 0.3) is 10.0 Å². The van der Waals surface area contributed by atoms with E-state index in [0.717, 1.165) is 17.7 Å². The number of benzene rings is 2. The van der Waals surface area contributed by atoms with Gasteiger partial charge in [0.05, 0.1) is 10.6 Å². The molecule has 0 bridgehead atoms. The zero-order chi connectivity index (χ0) is 17.2. The lowest BCUT2D eigenvalue weighted by atomic mass is 10.1. The molecule has 3 rings (SSSR count). The molecule has 4 nitrogen and oxygen atoms in total. The molecule has 2 aromatic carbocycles. The maximum absolute atomic E-state index is 12.4. The van der Waals surface area contributed by atoms with E-state index >= 15 is 0 Å². The molecule has 0 fully saturated rings. The highest BCUT2D eigenvalue weighted by atomic mass is 35.5. The molecule has 24 heavy (non-hydrogen) atoms. The Balaban J connectivity index is 1.81. The summed E-state index contributed by atoms with van der Waals surface area (Å²) in [6.45, 7) is 2.10. The van der Waals surface area contributed by atoms with E-state index in [1.165, 1.54) is 29.0 Å². The molecule has 7 heteroatoms. The van der Waals surface area contributed by atoms with Gasteiger partial charge in [0, 0.05) is 16.0 Å². The van der Waals surface area contributed by atoms with Crippen LogP contribution in [0.15, 0.2) is 58.8 Å². The third-order valence-electron chi connectivity index (χ3n) is 3.51. The van der Waals surface area contributed by atoms with E-state index in [-0.39, 0.29) is 4.90 Å². The van der Waals surface area contributed by atoms with Gasteiger partial charge in [-0.15, -0.1) is 11.3 Å². The second kappa shape index (κ2) is 6.93. The van der Waals surface area contributed by atoms with E-state index < -0.39 is 10.0 Å². The summed E-state index contributed by atoms with van der Waals surface area (Å²) >= 11 is 7.04. The molecule has 124 valence electrons. The highest BCUT2D eigenvalue weighted by Crippen LogP contribution is 2.27. The first kappa shape index (κ1) is 17.0. The van der Waals surface area contributed by atoms with Gasteiger partial charge in [0.15, 0.2) is 5.13 Å². The predicted octanol–water partition coefficient (Wildman–Crippen LogP) is 4.83. The van der Waals surface area contributed by atoms with Crippen LogP contribution in [-0.4, -0.2) is 13.4 Å². The van der Waals surface area contributed by atoms with Gasteiger partial charge in [-0.2, -0.15) is 0 Å². The first-order valence-electron chi connectivity index (χ1n) is 7.31. The van der Waals surface area contributed by atoms with Crippen LogP contribution < -0.4 is 4.72 Å². The van der Waals surface area contributed by atoms with Gasteiger partial charge in [-0.1, -0.05) is 42.8 Å². The Bertz CT molecular complexity index is 933. The molecule has 0 aliphatic carbocycles. The number of anilines is 1. The zero-order valence-corrected chi connectivity index (χ0v) is 15.3. The van der Waals surface area contributed by atoms with E-state index in [1.54, 1.807) is 12.1 Å². The minimum Gasteiger partial charge on any atom is -0.255 e. The van der Waals surface area contributed by atoms with Crippen molar-refractivity contribution in [1.82, 2.24) is 4.98 Å². The first-order valence-corrected chi connectivity index (χ1v) is 10.1. The minimum atomic E-state index is -3.67. The molecule has 0 unspecified atom stereocenters. The molecule has 1 aromatic heterocycles. The van der Waals surface area contributed by atoms with E-state index in [2.05, 4.69) is 16.6 Å². The SMILES string of the molecule is CCc1ccc(-c2csc(NS(=O)(=O)c3ccc(Cl)cc3)n2)cc1. The Labute approximate surface area is 150 Å². The summed E-state index contributed by atoms with van der Waals surface area (Å²) in [5.41, 5.74) is 2.95. The fourth-order valence-corrected chi connectivity index (χ4v) is 4.25. The molecular formula is C17H15ClN2O2S2. The summed E-state index contributed by atoms with van der Waals surface area (Å²) < 4.78 is 27.2. The van der Waals surface area contributed by atoms with Crippen LogP contribution in [0, 0.1) is 0 Å². The van der Waals surface area contributed by atoms with E-state index in [4.69, 9.17) is 11.6 Å². The highest BCUT2D eigenvalue weighted by molar-refractivity contribution is 7.93. The zero-order valence-electron chi connectivity index (χ0n) is 12.9. The van der Waals surface area contributed by atoms with Crippen molar-refractivity contribution < 1.29 is 8.42 Å². The quantitative estimate of drug-likeness (QED) is 0.691. The van der Waals surface area contributed by atoms with Gasteiger partial charge in [0.1, 0.15) is 0 Å². The average Bonchev–Trinajstić information content (AvgIpc) is 3.03. The van der Waals surface area contributed by atoms with Gasteiger partial charge in [0.2, 0.25) is 0 Å². The number of rotatable bonds is 5. The molecule has 0 spiro atoms. The standard InChI is InChI=1S/C17H15ClN2O2S2/c1-2-12-3-5-13(6-4-12)16-11-23-17(19-16)20-24(21,22)15-9-7-14(18)8-10-15/h3-11H,2H2,1H3,(H,19,20). The number of nitrogens with zero attached hydrogens (tertiary/aromatic N) is 1. The monoisotopic (exact) mass is 378 g/mol. The third kappa shape index (κ3) is 3.77. The topological polar surface area (TPSA) is 59.1 Å². The van der Waals surface area contributed by atoms with Crippen molar-refractivity contribution >= 4 is 38.1 Å². The van der Waals surface area contributed by atoms with Crippen LogP contribution in [0.25, 0.3) is 11.3 Å². The van der Waals surface area contributed by atoms with Crippen LogP contribution >= 0.6 is 22.9 Å². The van der Waals surface area contributed by atoms with Crippen LogP contribution in [0.3, 0.4) is 0 Å². The summed E-state index contributed by atoms with van der Waals surface area (Å²) in [7, 11) is -3.67. The van der Waals surface area contributed by atoms with Crippen molar-refractivity contribution in [2.24, 2.45) is 0 Å². The second-order valence-corrected chi connectivity index (χ2v) is 8.12. The summed E-state index contributed by atoms with van der Waals surface area (Å²) in [6.07, 6.45) is 0.976. The predicted molar refractivity (Wildman–Crippen MR) is 99.2 cm³/mol. The normalized spacial score (nSPS) is 11.4. The summed E-state index contributed by atoms with van der Waals surface area (Å²) in [5, 5.41) is 2.65. The lowest BCUT2D eigenvalue weighted by Gasteiger charge is -2.05. The Kier molecular flexibility index (Phi) is 4.89. The number of hydrogen-bond donors (Lipinski definition) is 1. The Morgan fingerprint density at radius 1 is 1.08 bits per heavy atom. The van der Waals surface area contributed by atoms with E-state index in [1.807, 2.05) is 29.6 Å². The van der Waals surface area contributed by atoms with Crippen molar-refractivity contribution in [3.63, 3.8) is 0 Å². The van der Waals surface area contributed by atoms with Crippen LogP contribution in [0.1, 0.15) is 12.5 Å². The van der Waals surface area contributed by atoms with E-state index in [0.29, 0.717) is 10.2 Å². The number of halogens is 1. The van der Waals surface area contributed by atoms with Crippen molar-refractivity contribution in [2.45, 2.75) is 18.2 Å². The van der Waals surface area contributed by atoms with Crippen molar-refractivity contribution in [2.75, 3.05) is 4.72 Å². The summed E-state index contributed by atoms with van der Waals surface area (Å²) in [5.74, 6) is 0. The van der Waals surface area contributed by atoms with Gasteiger partial charge >= 0.3 is 0 Å². The first-order chi connectivity index (χ1) is 11.5. The molecule has 0 atom stereocenters. The molecule has 0 saturated heterocycles. The number of hydrogen-bond acceptors (Lipinski definition) is 4. The fourth-order valence-electron chi connectivity index (χ4n) is 2.15. The van der Waals surface area contributed by atoms with Gasteiger partial charge in [-0.25, -0.2) is 13.4 Å². The molecule has 0 amide bonds. The Morgan fingerprint density at radius 2 is 1.75 bits per heavy atom. The Morgan fingerprint density at radius 3 is 2.38 bits per heavy atom. The van der Waals surface area contributed by atoms with Crippen molar-refractivity contribution in [3.8, 4) is 11.3 Å². The fraction of sp³-hybridized carbons (Fsp3) is 0.118. The third-order valence-corrected chi connectivity index (χ3v) is 6.00. The molecule has 1 heterocycles. The minimum absolute atomic E-state index is 0.149.